The third kappa shape index (κ3) is 3.51. The van der Waals surface area contributed by atoms with Gasteiger partial charge in [0.1, 0.15) is 6.04 Å². The molecule has 2 rings (SSSR count). The van der Waals surface area contributed by atoms with Gasteiger partial charge in [-0.05, 0) is 44.3 Å². The molecule has 2 heterocycles. The highest BCUT2D eigenvalue weighted by molar-refractivity contribution is 5.94. The van der Waals surface area contributed by atoms with Crippen molar-refractivity contribution in [2.75, 3.05) is 32.7 Å². The molecule has 1 unspecified atom stereocenters. The van der Waals surface area contributed by atoms with Crippen LogP contribution < -0.4 is 5.32 Å². The first-order chi connectivity index (χ1) is 9.51. The summed E-state index contributed by atoms with van der Waals surface area (Å²) in [6.07, 6.45) is 2.26. The molecule has 1 atom stereocenters. The minimum absolute atomic E-state index is 0.0192. The van der Waals surface area contributed by atoms with Crippen LogP contribution in [0.5, 0.6) is 0 Å². The molecule has 5 heteroatoms. The Morgan fingerprint density at radius 2 is 1.90 bits per heavy atom. The summed E-state index contributed by atoms with van der Waals surface area (Å²) in [5.41, 5.74) is 0. The highest BCUT2D eigenvalue weighted by Crippen LogP contribution is 2.20. The van der Waals surface area contributed by atoms with Crippen molar-refractivity contribution in [3.63, 3.8) is 0 Å². The van der Waals surface area contributed by atoms with Crippen molar-refractivity contribution in [3.8, 4) is 0 Å². The predicted molar refractivity (Wildman–Crippen MR) is 78.2 cm³/mol. The minimum atomic E-state index is -0.341. The van der Waals surface area contributed by atoms with Gasteiger partial charge in [-0.1, -0.05) is 20.8 Å². The average Bonchev–Trinajstić information content (AvgIpc) is 2.43. The minimum Gasteiger partial charge on any atom is -0.343 e. The SMILES string of the molecule is CCN1CCC(CN2CC(=O)NC(C(C)C)C2=O)CC1. The molecule has 2 aliphatic heterocycles. The molecule has 2 saturated heterocycles. The summed E-state index contributed by atoms with van der Waals surface area (Å²) in [5.74, 6) is 0.767. The molecule has 2 aliphatic rings. The summed E-state index contributed by atoms with van der Waals surface area (Å²) in [6.45, 7) is 10.5. The Morgan fingerprint density at radius 1 is 1.25 bits per heavy atom. The Bertz CT molecular complexity index is 362. The number of carbonyl (C=O) groups excluding carboxylic acids is 2. The highest BCUT2D eigenvalue weighted by atomic mass is 16.2. The molecule has 0 aromatic carbocycles. The van der Waals surface area contributed by atoms with Crippen LogP contribution in [0.4, 0.5) is 0 Å². The molecule has 0 radical (unpaired) electrons. The molecule has 2 fully saturated rings. The normalized spacial score (nSPS) is 26.2. The predicted octanol–water partition coefficient (Wildman–Crippen LogP) is 0.701. The van der Waals surface area contributed by atoms with Crippen molar-refractivity contribution in [2.45, 2.75) is 39.7 Å². The number of piperidine rings is 1. The summed E-state index contributed by atoms with van der Waals surface area (Å²) >= 11 is 0. The number of carbonyl (C=O) groups is 2. The van der Waals surface area contributed by atoms with E-state index in [0.29, 0.717) is 5.92 Å². The maximum absolute atomic E-state index is 12.4. The van der Waals surface area contributed by atoms with Gasteiger partial charge >= 0.3 is 0 Å². The fourth-order valence-electron chi connectivity index (χ4n) is 3.13. The monoisotopic (exact) mass is 281 g/mol. The summed E-state index contributed by atoms with van der Waals surface area (Å²) < 4.78 is 0. The molecule has 114 valence electrons. The van der Waals surface area contributed by atoms with Gasteiger partial charge in [0.05, 0.1) is 6.54 Å². The first kappa shape index (κ1) is 15.3. The molecule has 5 nitrogen and oxygen atoms in total. The number of amides is 2. The van der Waals surface area contributed by atoms with Gasteiger partial charge in [-0.3, -0.25) is 9.59 Å². The van der Waals surface area contributed by atoms with Gasteiger partial charge in [-0.25, -0.2) is 0 Å². The second-order valence-electron chi connectivity index (χ2n) is 6.39. The molecular weight excluding hydrogens is 254 g/mol. The lowest BCUT2D eigenvalue weighted by Crippen LogP contribution is -2.60. The maximum Gasteiger partial charge on any atom is 0.245 e. The second kappa shape index (κ2) is 6.57. The van der Waals surface area contributed by atoms with E-state index in [0.717, 1.165) is 39.0 Å². The van der Waals surface area contributed by atoms with E-state index in [4.69, 9.17) is 0 Å². The fourth-order valence-corrected chi connectivity index (χ4v) is 3.13. The van der Waals surface area contributed by atoms with Crippen molar-refractivity contribution < 1.29 is 9.59 Å². The molecule has 0 aromatic heterocycles. The van der Waals surface area contributed by atoms with E-state index in [1.54, 1.807) is 4.90 Å². The van der Waals surface area contributed by atoms with Gasteiger partial charge in [0, 0.05) is 6.54 Å². The molecule has 0 aromatic rings. The van der Waals surface area contributed by atoms with Crippen LogP contribution in [-0.2, 0) is 9.59 Å². The average molecular weight is 281 g/mol. The number of nitrogens with zero attached hydrogens (tertiary/aromatic N) is 2. The quantitative estimate of drug-likeness (QED) is 0.825. The molecule has 1 N–H and O–H groups in total. The largest absolute Gasteiger partial charge is 0.343 e. The number of hydrogen-bond acceptors (Lipinski definition) is 3. The van der Waals surface area contributed by atoms with Crippen molar-refractivity contribution in [1.29, 1.82) is 0 Å². The highest BCUT2D eigenvalue weighted by Gasteiger charge is 2.35. The zero-order chi connectivity index (χ0) is 14.7. The van der Waals surface area contributed by atoms with Crippen LogP contribution in [0.3, 0.4) is 0 Å². The van der Waals surface area contributed by atoms with Gasteiger partial charge in [0.2, 0.25) is 11.8 Å². The Morgan fingerprint density at radius 3 is 2.45 bits per heavy atom. The Labute approximate surface area is 121 Å². The zero-order valence-corrected chi connectivity index (χ0v) is 12.9. The number of hydrogen-bond donors (Lipinski definition) is 1. The molecule has 0 aliphatic carbocycles. The van der Waals surface area contributed by atoms with E-state index in [2.05, 4.69) is 17.1 Å². The number of likely N-dealkylation sites (tertiary alicyclic amines) is 1. The molecule has 0 spiro atoms. The summed E-state index contributed by atoms with van der Waals surface area (Å²) in [5, 5.41) is 2.81. The van der Waals surface area contributed by atoms with E-state index in [-0.39, 0.29) is 30.3 Å². The number of rotatable bonds is 4. The second-order valence-corrected chi connectivity index (χ2v) is 6.39. The first-order valence-electron chi connectivity index (χ1n) is 7.81. The van der Waals surface area contributed by atoms with Crippen molar-refractivity contribution >= 4 is 11.8 Å². The molecule has 2 amide bonds. The van der Waals surface area contributed by atoms with Crippen molar-refractivity contribution in [2.24, 2.45) is 11.8 Å². The lowest BCUT2D eigenvalue weighted by molar-refractivity contribution is -0.146. The maximum atomic E-state index is 12.4. The van der Waals surface area contributed by atoms with Gasteiger partial charge < -0.3 is 15.1 Å². The number of piperazine rings is 1. The summed E-state index contributed by atoms with van der Waals surface area (Å²) in [4.78, 5) is 28.4. The van der Waals surface area contributed by atoms with Gasteiger partial charge in [0.25, 0.3) is 0 Å². The van der Waals surface area contributed by atoms with Gasteiger partial charge in [0.15, 0.2) is 0 Å². The number of nitrogens with one attached hydrogen (secondary N) is 1. The van der Waals surface area contributed by atoms with Crippen LogP contribution in [-0.4, -0.2) is 60.4 Å². The summed E-state index contributed by atoms with van der Waals surface area (Å²) in [6, 6.07) is -0.341. The molecule has 0 saturated carbocycles. The van der Waals surface area contributed by atoms with E-state index in [9.17, 15) is 9.59 Å². The zero-order valence-electron chi connectivity index (χ0n) is 12.9. The standard InChI is InChI=1S/C15H27N3O2/c1-4-17-7-5-12(6-8-17)9-18-10-13(19)16-14(11(2)3)15(18)20/h11-12,14H,4-10H2,1-3H3,(H,16,19). The summed E-state index contributed by atoms with van der Waals surface area (Å²) in [7, 11) is 0. The van der Waals surface area contributed by atoms with Crippen molar-refractivity contribution in [1.82, 2.24) is 15.1 Å². The van der Waals surface area contributed by atoms with E-state index in [1.165, 1.54) is 0 Å². The Hall–Kier alpha value is -1.10. The molecular formula is C15H27N3O2. The van der Waals surface area contributed by atoms with E-state index in [1.807, 2.05) is 13.8 Å². The lowest BCUT2D eigenvalue weighted by atomic mass is 9.94. The lowest BCUT2D eigenvalue weighted by Gasteiger charge is -2.38. The van der Waals surface area contributed by atoms with Crippen LogP contribution in [0.15, 0.2) is 0 Å². The first-order valence-corrected chi connectivity index (χ1v) is 7.81. The van der Waals surface area contributed by atoms with Gasteiger partial charge in [-0.2, -0.15) is 0 Å². The molecule has 0 bridgehead atoms. The van der Waals surface area contributed by atoms with Crippen LogP contribution >= 0.6 is 0 Å². The Kier molecular flexibility index (Phi) is 5.02. The van der Waals surface area contributed by atoms with Gasteiger partial charge in [-0.15, -0.1) is 0 Å². The Balaban J connectivity index is 1.91. The fraction of sp³-hybridized carbons (Fsp3) is 0.867. The van der Waals surface area contributed by atoms with Crippen molar-refractivity contribution in [3.05, 3.63) is 0 Å². The van der Waals surface area contributed by atoms with Crippen LogP contribution in [0, 0.1) is 11.8 Å². The third-order valence-corrected chi connectivity index (χ3v) is 4.53. The van der Waals surface area contributed by atoms with Crippen LogP contribution in [0.1, 0.15) is 33.6 Å². The smallest absolute Gasteiger partial charge is 0.245 e. The topological polar surface area (TPSA) is 52.6 Å². The van der Waals surface area contributed by atoms with E-state index < -0.39 is 0 Å². The van der Waals surface area contributed by atoms with Crippen LogP contribution in [0.2, 0.25) is 0 Å². The third-order valence-electron chi connectivity index (χ3n) is 4.53. The van der Waals surface area contributed by atoms with Crippen LogP contribution in [0.25, 0.3) is 0 Å². The molecule has 20 heavy (non-hydrogen) atoms. The van der Waals surface area contributed by atoms with E-state index >= 15 is 0 Å².